The molecule has 0 unspecified atom stereocenters. The van der Waals surface area contributed by atoms with E-state index in [4.69, 9.17) is 23.2 Å². The molecular formula is C16H16Cl2N2O3S. The number of carbonyl (C=O) groups excluding carboxylic acids is 1. The molecule has 0 aliphatic carbocycles. The van der Waals surface area contributed by atoms with Gasteiger partial charge in [-0.1, -0.05) is 42.3 Å². The molecule has 24 heavy (non-hydrogen) atoms. The smallest absolute Gasteiger partial charge is 0.262 e. The SMILES string of the molecule is CCCNC(=O)c1ccccc1NS(=O)(=O)c1cc(Cl)cc(Cl)c1. The standard InChI is InChI=1S/C16H16Cl2N2O3S/c1-2-7-19-16(21)14-5-3-4-6-15(14)20-24(22,23)13-9-11(17)8-12(18)10-13/h3-6,8-10,20H,2,7H2,1H3,(H,19,21). The molecule has 0 fully saturated rings. The molecule has 0 bridgehead atoms. The highest BCUT2D eigenvalue weighted by molar-refractivity contribution is 7.92. The van der Waals surface area contributed by atoms with Crippen LogP contribution in [-0.2, 0) is 10.0 Å². The Morgan fingerprint density at radius 3 is 2.33 bits per heavy atom. The number of hydrogen-bond donors (Lipinski definition) is 2. The lowest BCUT2D eigenvalue weighted by Crippen LogP contribution is -2.25. The van der Waals surface area contributed by atoms with Crippen molar-refractivity contribution in [2.45, 2.75) is 18.2 Å². The van der Waals surface area contributed by atoms with Crippen LogP contribution in [0.4, 0.5) is 5.69 Å². The van der Waals surface area contributed by atoms with Crippen molar-refractivity contribution in [2.75, 3.05) is 11.3 Å². The third-order valence-electron chi connectivity index (χ3n) is 3.10. The lowest BCUT2D eigenvalue weighted by Gasteiger charge is -2.13. The van der Waals surface area contributed by atoms with Crippen LogP contribution in [0.25, 0.3) is 0 Å². The van der Waals surface area contributed by atoms with E-state index in [9.17, 15) is 13.2 Å². The zero-order valence-electron chi connectivity index (χ0n) is 12.8. The maximum absolute atomic E-state index is 12.5. The second-order valence-electron chi connectivity index (χ2n) is 5.01. The van der Waals surface area contributed by atoms with Crippen molar-refractivity contribution < 1.29 is 13.2 Å². The summed E-state index contributed by atoms with van der Waals surface area (Å²) in [6.07, 6.45) is 0.778. The Balaban J connectivity index is 2.35. The Kier molecular flexibility index (Phi) is 6.10. The predicted octanol–water partition coefficient (Wildman–Crippen LogP) is 3.93. The molecule has 2 N–H and O–H groups in total. The first-order valence-electron chi connectivity index (χ1n) is 7.19. The fraction of sp³-hybridized carbons (Fsp3) is 0.188. The van der Waals surface area contributed by atoms with Gasteiger partial charge >= 0.3 is 0 Å². The predicted molar refractivity (Wildman–Crippen MR) is 96.3 cm³/mol. The van der Waals surface area contributed by atoms with Crippen molar-refractivity contribution in [2.24, 2.45) is 0 Å². The van der Waals surface area contributed by atoms with Crippen molar-refractivity contribution in [3.63, 3.8) is 0 Å². The number of anilines is 1. The highest BCUT2D eigenvalue weighted by Crippen LogP contribution is 2.25. The minimum absolute atomic E-state index is 0.0798. The van der Waals surface area contributed by atoms with Crippen LogP contribution in [0.2, 0.25) is 10.0 Å². The first-order chi connectivity index (χ1) is 11.3. The number of amides is 1. The van der Waals surface area contributed by atoms with Crippen LogP contribution < -0.4 is 10.0 Å². The molecule has 1 amide bonds. The van der Waals surface area contributed by atoms with Crippen LogP contribution in [0.5, 0.6) is 0 Å². The van der Waals surface area contributed by atoms with E-state index >= 15 is 0 Å². The Morgan fingerprint density at radius 2 is 1.71 bits per heavy atom. The van der Waals surface area contributed by atoms with Gasteiger partial charge in [0.25, 0.3) is 15.9 Å². The molecular weight excluding hydrogens is 371 g/mol. The molecule has 128 valence electrons. The topological polar surface area (TPSA) is 75.3 Å². The highest BCUT2D eigenvalue weighted by Gasteiger charge is 2.19. The van der Waals surface area contributed by atoms with Gasteiger partial charge < -0.3 is 5.32 Å². The monoisotopic (exact) mass is 386 g/mol. The van der Waals surface area contributed by atoms with Gasteiger partial charge in [-0.2, -0.15) is 0 Å². The maximum Gasteiger partial charge on any atom is 0.262 e. The van der Waals surface area contributed by atoms with E-state index in [1.54, 1.807) is 18.2 Å². The average Bonchev–Trinajstić information content (AvgIpc) is 2.52. The largest absolute Gasteiger partial charge is 0.352 e. The molecule has 2 aromatic carbocycles. The van der Waals surface area contributed by atoms with Crippen molar-refractivity contribution in [1.29, 1.82) is 0 Å². The van der Waals surface area contributed by atoms with Gasteiger partial charge in [0.2, 0.25) is 0 Å². The van der Waals surface area contributed by atoms with Crippen LogP contribution >= 0.6 is 23.2 Å². The number of para-hydroxylation sites is 1. The Bertz CT molecular complexity index is 834. The third kappa shape index (κ3) is 4.63. The Morgan fingerprint density at radius 1 is 1.08 bits per heavy atom. The summed E-state index contributed by atoms with van der Waals surface area (Å²) >= 11 is 11.7. The summed E-state index contributed by atoms with van der Waals surface area (Å²) in [6, 6.07) is 10.4. The van der Waals surface area contributed by atoms with Crippen LogP contribution in [0.1, 0.15) is 23.7 Å². The molecule has 0 saturated carbocycles. The van der Waals surface area contributed by atoms with Crippen molar-refractivity contribution in [3.05, 3.63) is 58.1 Å². The van der Waals surface area contributed by atoms with E-state index in [0.717, 1.165) is 6.42 Å². The van der Waals surface area contributed by atoms with Crippen LogP contribution in [-0.4, -0.2) is 20.9 Å². The van der Waals surface area contributed by atoms with E-state index in [1.165, 1.54) is 24.3 Å². The molecule has 0 heterocycles. The molecule has 0 aromatic heterocycles. The summed E-state index contributed by atoms with van der Waals surface area (Å²) < 4.78 is 27.5. The van der Waals surface area contributed by atoms with Crippen molar-refractivity contribution in [3.8, 4) is 0 Å². The Labute approximate surface area is 151 Å². The summed E-state index contributed by atoms with van der Waals surface area (Å²) in [5, 5.41) is 3.13. The molecule has 0 aliphatic heterocycles. The van der Waals surface area contributed by atoms with Gasteiger partial charge in [0.05, 0.1) is 16.1 Å². The second kappa shape index (κ2) is 7.88. The number of rotatable bonds is 6. The molecule has 0 aliphatic rings. The second-order valence-corrected chi connectivity index (χ2v) is 7.57. The third-order valence-corrected chi connectivity index (χ3v) is 4.88. The van der Waals surface area contributed by atoms with Crippen molar-refractivity contribution in [1.82, 2.24) is 5.32 Å². The minimum atomic E-state index is -3.93. The van der Waals surface area contributed by atoms with Crippen LogP contribution in [0.15, 0.2) is 47.4 Å². The maximum atomic E-state index is 12.5. The summed E-state index contributed by atoms with van der Waals surface area (Å²) in [7, 11) is -3.93. The summed E-state index contributed by atoms with van der Waals surface area (Å²) in [4.78, 5) is 12.1. The molecule has 2 aromatic rings. The number of benzene rings is 2. The van der Waals surface area contributed by atoms with E-state index in [0.29, 0.717) is 6.54 Å². The molecule has 0 radical (unpaired) electrons. The van der Waals surface area contributed by atoms with E-state index in [-0.39, 0.29) is 32.1 Å². The number of hydrogen-bond acceptors (Lipinski definition) is 3. The van der Waals surface area contributed by atoms with Gasteiger partial charge in [0.1, 0.15) is 0 Å². The highest BCUT2D eigenvalue weighted by atomic mass is 35.5. The van der Waals surface area contributed by atoms with Crippen LogP contribution in [0, 0.1) is 0 Å². The van der Waals surface area contributed by atoms with E-state index < -0.39 is 10.0 Å². The van der Waals surface area contributed by atoms with Gasteiger partial charge in [0.15, 0.2) is 0 Å². The quantitative estimate of drug-likeness (QED) is 0.789. The molecule has 0 atom stereocenters. The number of carbonyl (C=O) groups is 1. The van der Waals surface area contributed by atoms with Crippen molar-refractivity contribution >= 4 is 44.8 Å². The fourth-order valence-electron chi connectivity index (χ4n) is 1.99. The van der Waals surface area contributed by atoms with Gasteiger partial charge in [0, 0.05) is 16.6 Å². The van der Waals surface area contributed by atoms with Crippen LogP contribution in [0.3, 0.4) is 0 Å². The fourth-order valence-corrected chi connectivity index (χ4v) is 3.80. The molecule has 5 nitrogen and oxygen atoms in total. The minimum Gasteiger partial charge on any atom is -0.352 e. The number of halogens is 2. The first kappa shape index (κ1) is 18.6. The van der Waals surface area contributed by atoms with Gasteiger partial charge in [-0.15, -0.1) is 0 Å². The van der Waals surface area contributed by atoms with E-state index in [2.05, 4.69) is 10.0 Å². The first-order valence-corrected chi connectivity index (χ1v) is 9.43. The number of sulfonamides is 1. The molecule has 2 rings (SSSR count). The van der Waals surface area contributed by atoms with Gasteiger partial charge in [-0.3, -0.25) is 9.52 Å². The van der Waals surface area contributed by atoms with Gasteiger partial charge in [-0.25, -0.2) is 8.42 Å². The lowest BCUT2D eigenvalue weighted by molar-refractivity contribution is 0.0954. The number of nitrogens with one attached hydrogen (secondary N) is 2. The lowest BCUT2D eigenvalue weighted by atomic mass is 10.1. The summed E-state index contributed by atoms with van der Waals surface area (Å²) in [6.45, 7) is 2.43. The normalized spacial score (nSPS) is 11.1. The van der Waals surface area contributed by atoms with E-state index in [1.807, 2.05) is 6.92 Å². The average molecular weight is 387 g/mol. The summed E-state index contributed by atoms with van der Waals surface area (Å²) in [5.41, 5.74) is 0.421. The molecule has 0 spiro atoms. The zero-order valence-corrected chi connectivity index (χ0v) is 15.2. The zero-order chi connectivity index (χ0) is 17.7. The summed E-state index contributed by atoms with van der Waals surface area (Å²) in [5.74, 6) is -0.348. The Hall–Kier alpha value is -1.76. The molecule has 8 heteroatoms. The van der Waals surface area contributed by atoms with Gasteiger partial charge in [-0.05, 0) is 36.8 Å². The molecule has 0 saturated heterocycles.